The van der Waals surface area contributed by atoms with Crippen molar-refractivity contribution in [1.29, 1.82) is 0 Å². The second-order valence-corrected chi connectivity index (χ2v) is 8.35. The minimum Gasteiger partial charge on any atom is -0.488 e. The second-order valence-electron chi connectivity index (χ2n) is 8.35. The number of ketones is 1. The molecule has 0 saturated carbocycles. The zero-order valence-electron chi connectivity index (χ0n) is 17.4. The summed E-state index contributed by atoms with van der Waals surface area (Å²) in [5.74, 6) is 0.915. The van der Waals surface area contributed by atoms with Crippen molar-refractivity contribution in [2.75, 3.05) is 0 Å². The molecule has 0 fully saturated rings. The summed E-state index contributed by atoms with van der Waals surface area (Å²) in [4.78, 5) is 12.2. The monoisotopic (exact) mass is 372 g/mol. The number of hydrogen-bond acceptors (Lipinski definition) is 2. The van der Waals surface area contributed by atoms with Gasteiger partial charge in [0.1, 0.15) is 12.4 Å². The number of aryl methyl sites for hydroxylation is 1. The lowest BCUT2D eigenvalue weighted by Gasteiger charge is -2.26. The van der Waals surface area contributed by atoms with E-state index in [1.54, 1.807) is 6.92 Å². The third-order valence-electron chi connectivity index (χ3n) is 4.89. The zero-order valence-corrected chi connectivity index (χ0v) is 17.4. The van der Waals surface area contributed by atoms with Crippen molar-refractivity contribution < 1.29 is 9.53 Å². The van der Waals surface area contributed by atoms with Crippen molar-refractivity contribution in [2.24, 2.45) is 0 Å². The first-order valence-corrected chi connectivity index (χ1v) is 9.69. The summed E-state index contributed by atoms with van der Waals surface area (Å²) in [6.45, 7) is 10.6. The van der Waals surface area contributed by atoms with Gasteiger partial charge in [-0.25, -0.2) is 0 Å². The number of benzene rings is 3. The van der Waals surface area contributed by atoms with E-state index in [0.29, 0.717) is 12.2 Å². The van der Waals surface area contributed by atoms with E-state index < -0.39 is 0 Å². The molecule has 28 heavy (non-hydrogen) atoms. The molecule has 0 aliphatic rings. The first-order chi connectivity index (χ1) is 13.3. The fraction of sp³-hybridized carbons (Fsp3) is 0.269. The molecule has 0 N–H and O–H groups in total. The molecule has 0 aromatic heterocycles. The maximum absolute atomic E-state index is 12.2. The number of rotatable bonds is 5. The lowest BCUT2D eigenvalue weighted by molar-refractivity contribution is 0.101. The van der Waals surface area contributed by atoms with Crippen LogP contribution in [0.5, 0.6) is 5.75 Å². The molecule has 2 heteroatoms. The quantitative estimate of drug-likeness (QED) is 0.464. The van der Waals surface area contributed by atoms with Crippen LogP contribution in [0.15, 0.2) is 66.7 Å². The predicted octanol–water partition coefficient (Wildman–Crippen LogP) is 6.74. The topological polar surface area (TPSA) is 26.3 Å². The molecule has 0 amide bonds. The van der Waals surface area contributed by atoms with Crippen molar-refractivity contribution >= 4 is 5.78 Å². The van der Waals surface area contributed by atoms with E-state index in [4.69, 9.17) is 4.74 Å². The molecule has 3 rings (SSSR count). The summed E-state index contributed by atoms with van der Waals surface area (Å²) in [5, 5.41) is 0. The van der Waals surface area contributed by atoms with Gasteiger partial charge in [0.05, 0.1) is 0 Å². The van der Waals surface area contributed by atoms with E-state index in [2.05, 4.69) is 64.1 Å². The van der Waals surface area contributed by atoms with Crippen molar-refractivity contribution in [2.45, 2.75) is 46.6 Å². The third-order valence-corrected chi connectivity index (χ3v) is 4.89. The molecule has 144 valence electrons. The maximum atomic E-state index is 12.2. The Labute approximate surface area is 168 Å². The summed E-state index contributed by atoms with van der Waals surface area (Å²) < 4.78 is 6.39. The van der Waals surface area contributed by atoms with Crippen LogP contribution in [-0.4, -0.2) is 5.78 Å². The van der Waals surface area contributed by atoms with Crippen LogP contribution in [0.4, 0.5) is 0 Å². The van der Waals surface area contributed by atoms with Crippen molar-refractivity contribution in [1.82, 2.24) is 0 Å². The Morgan fingerprint density at radius 2 is 1.57 bits per heavy atom. The highest BCUT2D eigenvalue weighted by Crippen LogP contribution is 2.41. The lowest BCUT2D eigenvalue weighted by atomic mass is 9.82. The standard InChI is InChI=1S/C26H28O2/c1-18-11-13-21(14-12-18)23-15-22(19(2)27)16-24(26(3,4)5)25(23)28-17-20-9-7-6-8-10-20/h6-16H,17H2,1-5H3. The minimum absolute atomic E-state index is 0.0634. The third kappa shape index (κ3) is 4.51. The van der Waals surface area contributed by atoms with Gasteiger partial charge in [0.2, 0.25) is 0 Å². The van der Waals surface area contributed by atoms with Crippen molar-refractivity contribution in [3.8, 4) is 16.9 Å². The van der Waals surface area contributed by atoms with Gasteiger partial charge in [-0.2, -0.15) is 0 Å². The molecule has 0 spiro atoms. The SMILES string of the molecule is CC(=O)c1cc(-c2ccc(C)cc2)c(OCc2ccccc2)c(C(C)(C)C)c1. The van der Waals surface area contributed by atoms with Crippen LogP contribution in [-0.2, 0) is 12.0 Å². The van der Waals surface area contributed by atoms with Crippen LogP contribution in [0.3, 0.4) is 0 Å². The first kappa shape index (κ1) is 19.9. The van der Waals surface area contributed by atoms with Gasteiger partial charge in [-0.05, 0) is 42.5 Å². The molecular weight excluding hydrogens is 344 g/mol. The highest BCUT2D eigenvalue weighted by Gasteiger charge is 2.24. The summed E-state index contributed by atoms with van der Waals surface area (Å²) in [7, 11) is 0. The predicted molar refractivity (Wildman–Crippen MR) is 116 cm³/mol. The number of carbonyl (C=O) groups is 1. The van der Waals surface area contributed by atoms with Gasteiger partial charge in [-0.15, -0.1) is 0 Å². The molecule has 0 heterocycles. The van der Waals surface area contributed by atoms with Gasteiger partial charge < -0.3 is 4.74 Å². The average molecular weight is 373 g/mol. The van der Waals surface area contributed by atoms with Crippen LogP contribution in [0.1, 0.15) is 54.7 Å². The number of hydrogen-bond donors (Lipinski definition) is 0. The van der Waals surface area contributed by atoms with E-state index in [0.717, 1.165) is 28.0 Å². The van der Waals surface area contributed by atoms with Gasteiger partial charge in [-0.3, -0.25) is 4.79 Å². The fourth-order valence-electron chi connectivity index (χ4n) is 3.22. The largest absolute Gasteiger partial charge is 0.488 e. The van der Waals surface area contributed by atoms with Gasteiger partial charge in [-0.1, -0.05) is 80.9 Å². The smallest absolute Gasteiger partial charge is 0.159 e. The van der Waals surface area contributed by atoms with Crippen LogP contribution >= 0.6 is 0 Å². The summed E-state index contributed by atoms with van der Waals surface area (Å²) in [6.07, 6.45) is 0. The number of ether oxygens (including phenoxy) is 1. The van der Waals surface area contributed by atoms with E-state index in [1.807, 2.05) is 30.3 Å². The Balaban J connectivity index is 2.17. The molecule has 0 saturated heterocycles. The van der Waals surface area contributed by atoms with Gasteiger partial charge in [0, 0.05) is 16.7 Å². The van der Waals surface area contributed by atoms with Crippen molar-refractivity contribution in [3.05, 3.63) is 89.0 Å². The second kappa shape index (κ2) is 8.02. The minimum atomic E-state index is -0.156. The Morgan fingerprint density at radius 1 is 0.929 bits per heavy atom. The highest BCUT2D eigenvalue weighted by atomic mass is 16.5. The highest BCUT2D eigenvalue weighted by molar-refractivity contribution is 5.96. The normalized spacial score (nSPS) is 11.3. The molecule has 0 radical (unpaired) electrons. The van der Waals surface area contributed by atoms with E-state index in [9.17, 15) is 4.79 Å². The molecule has 0 atom stereocenters. The molecular formula is C26H28O2. The lowest BCUT2D eigenvalue weighted by Crippen LogP contribution is -2.15. The average Bonchev–Trinajstić information content (AvgIpc) is 2.66. The Hall–Kier alpha value is -2.87. The van der Waals surface area contributed by atoms with Crippen LogP contribution in [0.25, 0.3) is 11.1 Å². The van der Waals surface area contributed by atoms with Gasteiger partial charge >= 0.3 is 0 Å². The van der Waals surface area contributed by atoms with E-state index >= 15 is 0 Å². The molecule has 0 aliphatic carbocycles. The number of carbonyl (C=O) groups excluding carboxylic acids is 1. The van der Waals surface area contributed by atoms with Gasteiger partial charge in [0.25, 0.3) is 0 Å². The zero-order chi connectivity index (χ0) is 20.3. The molecule has 0 aliphatic heterocycles. The molecule has 3 aromatic carbocycles. The molecule has 0 bridgehead atoms. The first-order valence-electron chi connectivity index (χ1n) is 9.69. The fourth-order valence-corrected chi connectivity index (χ4v) is 3.22. The Bertz CT molecular complexity index is 962. The van der Waals surface area contributed by atoms with E-state index in [-0.39, 0.29) is 11.2 Å². The van der Waals surface area contributed by atoms with Crippen LogP contribution in [0.2, 0.25) is 0 Å². The number of Topliss-reactive ketones (excluding diaryl/α,β-unsaturated/α-hetero) is 1. The summed E-state index contributed by atoms with van der Waals surface area (Å²) in [6, 6.07) is 22.5. The maximum Gasteiger partial charge on any atom is 0.159 e. The van der Waals surface area contributed by atoms with Gasteiger partial charge in [0.15, 0.2) is 5.78 Å². The Kier molecular flexibility index (Phi) is 5.69. The molecule has 0 unspecified atom stereocenters. The summed E-state index contributed by atoms with van der Waals surface area (Å²) in [5.41, 5.74) is 5.95. The van der Waals surface area contributed by atoms with Crippen molar-refractivity contribution in [3.63, 3.8) is 0 Å². The molecule has 3 aromatic rings. The Morgan fingerprint density at radius 3 is 2.14 bits per heavy atom. The van der Waals surface area contributed by atoms with Crippen LogP contribution in [0, 0.1) is 6.92 Å². The summed E-state index contributed by atoms with van der Waals surface area (Å²) >= 11 is 0. The van der Waals surface area contributed by atoms with Crippen LogP contribution < -0.4 is 4.74 Å². The van der Waals surface area contributed by atoms with E-state index in [1.165, 1.54) is 5.56 Å². The molecule has 2 nitrogen and oxygen atoms in total.